The molecule has 0 saturated carbocycles. The summed E-state index contributed by atoms with van der Waals surface area (Å²) < 4.78 is 1.62. The van der Waals surface area contributed by atoms with Crippen LogP contribution in [0.2, 0.25) is 0 Å². The van der Waals surface area contributed by atoms with Gasteiger partial charge in [-0.2, -0.15) is 4.98 Å². The van der Waals surface area contributed by atoms with Gasteiger partial charge in [0, 0.05) is 6.20 Å². The number of H-pyrrole nitrogens is 1. The number of aromatic amines is 1. The predicted octanol–water partition coefficient (Wildman–Crippen LogP) is -0.173. The van der Waals surface area contributed by atoms with Crippen LogP contribution in [-0.4, -0.2) is 14.6 Å². The van der Waals surface area contributed by atoms with Crippen LogP contribution in [0.1, 0.15) is 0 Å². The molecule has 5 heteroatoms. The molecule has 0 aliphatic carbocycles. The highest BCUT2D eigenvalue weighted by Crippen LogP contribution is 2.13. The Morgan fingerprint density at radius 2 is 2.30 bits per heavy atom. The molecule has 0 spiro atoms. The van der Waals surface area contributed by atoms with Crippen molar-refractivity contribution in [3.8, 4) is 0 Å². The van der Waals surface area contributed by atoms with Crippen LogP contribution in [-0.2, 0) is 0 Å². The number of aromatic nitrogens is 3. The van der Waals surface area contributed by atoms with Crippen molar-refractivity contribution in [1.82, 2.24) is 14.6 Å². The topological polar surface area (TPSA) is 85.1 Å². The highest BCUT2D eigenvalue weighted by molar-refractivity contribution is 5.68. The zero-order chi connectivity index (χ0) is 7.14. The smallest absolute Gasteiger partial charge is 0.222 e. The van der Waals surface area contributed by atoms with Crippen molar-refractivity contribution in [1.29, 1.82) is 0 Å². The van der Waals surface area contributed by atoms with Crippen LogP contribution in [0.3, 0.4) is 0 Å². The number of nitrogen functional groups attached to an aromatic ring is 2. The maximum absolute atomic E-state index is 5.49. The minimum atomic E-state index is 0.387. The van der Waals surface area contributed by atoms with E-state index in [1.165, 1.54) is 0 Å². The Hall–Kier alpha value is -1.65. The molecule has 0 atom stereocenters. The van der Waals surface area contributed by atoms with Gasteiger partial charge < -0.3 is 11.5 Å². The van der Waals surface area contributed by atoms with Crippen molar-refractivity contribution in [2.45, 2.75) is 0 Å². The third kappa shape index (κ3) is 0.439. The van der Waals surface area contributed by atoms with Gasteiger partial charge in [0.15, 0.2) is 5.82 Å². The zero-order valence-corrected chi connectivity index (χ0v) is 5.20. The van der Waals surface area contributed by atoms with E-state index in [2.05, 4.69) is 10.1 Å². The fraction of sp³-hybridized carbons (Fsp3) is 0. The van der Waals surface area contributed by atoms with E-state index in [-0.39, 0.29) is 0 Å². The summed E-state index contributed by atoms with van der Waals surface area (Å²) in [5, 5.41) is 2.86. The van der Waals surface area contributed by atoms with E-state index in [0.717, 1.165) is 5.52 Å². The van der Waals surface area contributed by atoms with Crippen LogP contribution in [0.25, 0.3) is 5.52 Å². The number of rotatable bonds is 0. The lowest BCUT2D eigenvalue weighted by molar-refractivity contribution is 0.972. The molecule has 0 unspecified atom stereocenters. The summed E-state index contributed by atoms with van der Waals surface area (Å²) in [6.45, 7) is 0. The number of imidazole rings is 1. The molecular weight excluding hydrogens is 130 g/mol. The monoisotopic (exact) mass is 137 g/mol. The van der Waals surface area contributed by atoms with Gasteiger partial charge in [0.1, 0.15) is 5.52 Å². The number of nitrogens with one attached hydrogen (secondary N) is 1. The molecule has 10 heavy (non-hydrogen) atoms. The van der Waals surface area contributed by atoms with Gasteiger partial charge in [0.2, 0.25) is 5.95 Å². The standard InChI is InChI=1S/C5H7N5/c6-4-3-1-2-8-10(3)5(7)9-4/h1-2,8H,6H2,(H2,7,9). The summed E-state index contributed by atoms with van der Waals surface area (Å²) >= 11 is 0. The maximum Gasteiger partial charge on any atom is 0.222 e. The summed E-state index contributed by atoms with van der Waals surface area (Å²) in [6.07, 6.45) is 1.75. The first-order valence-electron chi connectivity index (χ1n) is 2.86. The molecule has 2 aromatic heterocycles. The normalized spacial score (nSPS) is 10.8. The molecule has 5 nitrogen and oxygen atoms in total. The van der Waals surface area contributed by atoms with Crippen molar-refractivity contribution < 1.29 is 0 Å². The summed E-state index contributed by atoms with van der Waals surface area (Å²) in [6, 6.07) is 1.82. The van der Waals surface area contributed by atoms with Crippen molar-refractivity contribution in [3.63, 3.8) is 0 Å². The predicted molar refractivity (Wildman–Crippen MR) is 38.4 cm³/mol. The van der Waals surface area contributed by atoms with Crippen LogP contribution in [0.5, 0.6) is 0 Å². The minimum absolute atomic E-state index is 0.387. The molecule has 0 amide bonds. The molecule has 0 aromatic carbocycles. The van der Waals surface area contributed by atoms with Crippen LogP contribution in [0.15, 0.2) is 12.3 Å². The second-order valence-electron chi connectivity index (χ2n) is 2.04. The number of fused-ring (bicyclic) bond motifs is 1. The third-order valence-corrected chi connectivity index (χ3v) is 1.41. The highest BCUT2D eigenvalue weighted by atomic mass is 15.3. The largest absolute Gasteiger partial charge is 0.382 e. The molecule has 2 aromatic rings. The Balaban J connectivity index is 2.98. The van der Waals surface area contributed by atoms with Gasteiger partial charge >= 0.3 is 0 Å². The van der Waals surface area contributed by atoms with Crippen molar-refractivity contribution in [3.05, 3.63) is 12.3 Å². The van der Waals surface area contributed by atoms with Crippen LogP contribution < -0.4 is 11.5 Å². The average molecular weight is 137 g/mol. The SMILES string of the molecule is Nc1nc(N)n2[nH]ccc12. The Bertz CT molecular complexity index is 325. The van der Waals surface area contributed by atoms with E-state index in [9.17, 15) is 0 Å². The Labute approximate surface area is 56.6 Å². The summed E-state index contributed by atoms with van der Waals surface area (Å²) in [5.74, 6) is 0.844. The summed E-state index contributed by atoms with van der Waals surface area (Å²) in [5.41, 5.74) is 11.8. The number of anilines is 2. The molecule has 0 saturated heterocycles. The van der Waals surface area contributed by atoms with Gasteiger partial charge in [-0.25, -0.2) is 4.52 Å². The number of nitrogens with two attached hydrogens (primary N) is 2. The average Bonchev–Trinajstić information content (AvgIpc) is 2.39. The van der Waals surface area contributed by atoms with E-state index in [1.54, 1.807) is 10.7 Å². The summed E-state index contributed by atoms with van der Waals surface area (Å²) in [4.78, 5) is 3.84. The highest BCUT2D eigenvalue weighted by Gasteiger charge is 2.03. The second kappa shape index (κ2) is 1.44. The second-order valence-corrected chi connectivity index (χ2v) is 2.04. The Morgan fingerprint density at radius 3 is 3.00 bits per heavy atom. The van der Waals surface area contributed by atoms with Gasteiger partial charge in [-0.15, -0.1) is 0 Å². The number of hydrogen-bond donors (Lipinski definition) is 3. The van der Waals surface area contributed by atoms with Crippen LogP contribution in [0, 0.1) is 0 Å². The minimum Gasteiger partial charge on any atom is -0.382 e. The van der Waals surface area contributed by atoms with E-state index in [0.29, 0.717) is 11.8 Å². The van der Waals surface area contributed by atoms with Crippen LogP contribution in [0.4, 0.5) is 11.8 Å². The molecule has 52 valence electrons. The molecule has 0 aliphatic rings. The van der Waals surface area contributed by atoms with Gasteiger partial charge in [0.25, 0.3) is 0 Å². The van der Waals surface area contributed by atoms with E-state index >= 15 is 0 Å². The van der Waals surface area contributed by atoms with Gasteiger partial charge in [0.05, 0.1) is 0 Å². The number of hydrogen-bond acceptors (Lipinski definition) is 3. The van der Waals surface area contributed by atoms with Crippen molar-refractivity contribution in [2.24, 2.45) is 0 Å². The molecule has 2 heterocycles. The van der Waals surface area contributed by atoms with Gasteiger partial charge in [-0.3, -0.25) is 5.10 Å². The molecule has 0 aliphatic heterocycles. The maximum atomic E-state index is 5.49. The fourth-order valence-corrected chi connectivity index (χ4v) is 0.955. The van der Waals surface area contributed by atoms with E-state index < -0.39 is 0 Å². The quantitative estimate of drug-likeness (QED) is 0.471. The molecule has 0 fully saturated rings. The first-order chi connectivity index (χ1) is 4.79. The molecule has 5 N–H and O–H groups in total. The van der Waals surface area contributed by atoms with Crippen molar-refractivity contribution >= 4 is 17.3 Å². The lowest BCUT2D eigenvalue weighted by Crippen LogP contribution is -1.93. The fourth-order valence-electron chi connectivity index (χ4n) is 0.955. The molecule has 2 rings (SSSR count). The Morgan fingerprint density at radius 1 is 1.50 bits per heavy atom. The Kier molecular flexibility index (Phi) is 0.743. The van der Waals surface area contributed by atoms with E-state index in [4.69, 9.17) is 11.5 Å². The van der Waals surface area contributed by atoms with Gasteiger partial charge in [-0.1, -0.05) is 0 Å². The number of nitrogens with zero attached hydrogens (tertiary/aromatic N) is 2. The summed E-state index contributed by atoms with van der Waals surface area (Å²) in [7, 11) is 0. The first-order valence-corrected chi connectivity index (χ1v) is 2.86. The van der Waals surface area contributed by atoms with Crippen LogP contribution >= 0.6 is 0 Å². The van der Waals surface area contributed by atoms with Crippen molar-refractivity contribution in [2.75, 3.05) is 11.5 Å². The lowest BCUT2D eigenvalue weighted by atomic mass is 10.5. The molecular formula is C5H7N5. The third-order valence-electron chi connectivity index (χ3n) is 1.41. The van der Waals surface area contributed by atoms with Gasteiger partial charge in [-0.05, 0) is 6.07 Å². The molecule has 0 radical (unpaired) electrons. The van der Waals surface area contributed by atoms with E-state index in [1.807, 2.05) is 6.07 Å². The first kappa shape index (κ1) is 5.16. The zero-order valence-electron chi connectivity index (χ0n) is 5.20. The lowest BCUT2D eigenvalue weighted by Gasteiger charge is -1.83. The molecule has 0 bridgehead atoms.